The third kappa shape index (κ3) is 3.01. The maximum Gasteiger partial charge on any atom is 0.119 e. The van der Waals surface area contributed by atoms with E-state index >= 15 is 0 Å². The summed E-state index contributed by atoms with van der Waals surface area (Å²) in [7, 11) is 0. The molecule has 1 aliphatic rings. The van der Waals surface area contributed by atoms with Crippen molar-refractivity contribution in [2.24, 2.45) is 11.7 Å². The molecule has 0 spiro atoms. The van der Waals surface area contributed by atoms with Crippen molar-refractivity contribution in [3.05, 3.63) is 29.8 Å². The van der Waals surface area contributed by atoms with Gasteiger partial charge in [0.25, 0.3) is 0 Å². The van der Waals surface area contributed by atoms with Crippen molar-refractivity contribution in [3.63, 3.8) is 0 Å². The van der Waals surface area contributed by atoms with Crippen LogP contribution >= 0.6 is 0 Å². The van der Waals surface area contributed by atoms with Gasteiger partial charge in [-0.15, -0.1) is 0 Å². The molecule has 1 aromatic carbocycles. The summed E-state index contributed by atoms with van der Waals surface area (Å²) in [6.07, 6.45) is 5.22. The lowest BCUT2D eigenvalue weighted by Gasteiger charge is -2.31. The van der Waals surface area contributed by atoms with Gasteiger partial charge in [-0.3, -0.25) is 0 Å². The van der Waals surface area contributed by atoms with Crippen LogP contribution in [0.15, 0.2) is 24.3 Å². The van der Waals surface area contributed by atoms with Crippen LogP contribution in [0.25, 0.3) is 0 Å². The Morgan fingerprint density at radius 2 is 2.12 bits per heavy atom. The summed E-state index contributed by atoms with van der Waals surface area (Å²) in [5, 5.41) is 0. The Labute approximate surface area is 104 Å². The van der Waals surface area contributed by atoms with Crippen LogP contribution in [0.3, 0.4) is 0 Å². The molecule has 0 heterocycles. The molecule has 2 atom stereocenters. The predicted molar refractivity (Wildman–Crippen MR) is 71.4 cm³/mol. The standard InChI is InChI=1S/C15H23NO/c1-2-17-14-8-5-7-12(10-14)15-9-4-3-6-13(15)11-16/h5,7-8,10,13,15H,2-4,6,9,11,16H2,1H3. The highest BCUT2D eigenvalue weighted by Gasteiger charge is 2.25. The molecule has 0 bridgehead atoms. The third-order valence-electron chi connectivity index (χ3n) is 3.81. The quantitative estimate of drug-likeness (QED) is 0.866. The van der Waals surface area contributed by atoms with E-state index in [2.05, 4.69) is 18.2 Å². The molecule has 2 heteroatoms. The zero-order valence-electron chi connectivity index (χ0n) is 10.7. The van der Waals surface area contributed by atoms with Gasteiger partial charge < -0.3 is 10.5 Å². The van der Waals surface area contributed by atoms with Gasteiger partial charge in [0.05, 0.1) is 6.61 Å². The van der Waals surface area contributed by atoms with Gasteiger partial charge in [0.15, 0.2) is 0 Å². The second-order valence-electron chi connectivity index (χ2n) is 4.89. The minimum absolute atomic E-state index is 0.633. The minimum atomic E-state index is 0.633. The lowest BCUT2D eigenvalue weighted by atomic mass is 9.75. The average Bonchev–Trinajstić information content (AvgIpc) is 2.39. The molecule has 2 unspecified atom stereocenters. The Morgan fingerprint density at radius 3 is 2.88 bits per heavy atom. The molecule has 1 aromatic rings. The molecule has 1 aliphatic carbocycles. The van der Waals surface area contributed by atoms with Gasteiger partial charge in [-0.1, -0.05) is 25.0 Å². The molecule has 0 amide bonds. The van der Waals surface area contributed by atoms with Gasteiger partial charge in [-0.25, -0.2) is 0 Å². The predicted octanol–water partition coefficient (Wildman–Crippen LogP) is 3.32. The highest BCUT2D eigenvalue weighted by Crippen LogP contribution is 2.38. The van der Waals surface area contributed by atoms with Crippen molar-refractivity contribution in [2.45, 2.75) is 38.5 Å². The number of hydrogen-bond donors (Lipinski definition) is 1. The van der Waals surface area contributed by atoms with E-state index in [0.717, 1.165) is 18.9 Å². The highest BCUT2D eigenvalue weighted by atomic mass is 16.5. The van der Waals surface area contributed by atoms with E-state index in [1.165, 1.54) is 31.2 Å². The molecule has 17 heavy (non-hydrogen) atoms. The molecular formula is C15H23NO. The van der Waals surface area contributed by atoms with Crippen LogP contribution in [0.2, 0.25) is 0 Å². The number of hydrogen-bond acceptors (Lipinski definition) is 2. The largest absolute Gasteiger partial charge is 0.494 e. The maximum absolute atomic E-state index is 5.90. The highest BCUT2D eigenvalue weighted by molar-refractivity contribution is 5.31. The maximum atomic E-state index is 5.90. The zero-order chi connectivity index (χ0) is 12.1. The lowest BCUT2D eigenvalue weighted by molar-refractivity contribution is 0.311. The van der Waals surface area contributed by atoms with Crippen molar-refractivity contribution in [3.8, 4) is 5.75 Å². The van der Waals surface area contributed by atoms with Crippen LogP contribution in [-0.2, 0) is 0 Å². The molecule has 2 rings (SSSR count). The van der Waals surface area contributed by atoms with Gasteiger partial charge in [-0.05, 0) is 55.8 Å². The molecule has 2 nitrogen and oxygen atoms in total. The van der Waals surface area contributed by atoms with Crippen molar-refractivity contribution in [2.75, 3.05) is 13.2 Å². The van der Waals surface area contributed by atoms with E-state index in [-0.39, 0.29) is 0 Å². The van der Waals surface area contributed by atoms with E-state index in [1.54, 1.807) is 0 Å². The van der Waals surface area contributed by atoms with Gasteiger partial charge >= 0.3 is 0 Å². The Morgan fingerprint density at radius 1 is 1.29 bits per heavy atom. The van der Waals surface area contributed by atoms with Crippen molar-refractivity contribution >= 4 is 0 Å². The Bertz CT molecular complexity index is 351. The van der Waals surface area contributed by atoms with Crippen molar-refractivity contribution in [1.29, 1.82) is 0 Å². The second-order valence-corrected chi connectivity index (χ2v) is 4.89. The van der Waals surface area contributed by atoms with Crippen LogP contribution < -0.4 is 10.5 Å². The first-order chi connectivity index (χ1) is 8.35. The smallest absolute Gasteiger partial charge is 0.119 e. The fourth-order valence-corrected chi connectivity index (χ4v) is 2.93. The van der Waals surface area contributed by atoms with Crippen LogP contribution in [0.4, 0.5) is 0 Å². The normalized spacial score (nSPS) is 24.6. The molecule has 94 valence electrons. The molecular weight excluding hydrogens is 210 g/mol. The summed E-state index contributed by atoms with van der Waals surface area (Å²) < 4.78 is 5.57. The summed E-state index contributed by atoms with van der Waals surface area (Å²) in [5.74, 6) is 2.28. The SMILES string of the molecule is CCOc1cccc(C2CCCCC2CN)c1. The van der Waals surface area contributed by atoms with Crippen LogP contribution in [0, 0.1) is 5.92 Å². The van der Waals surface area contributed by atoms with Gasteiger partial charge in [0.2, 0.25) is 0 Å². The monoisotopic (exact) mass is 233 g/mol. The third-order valence-corrected chi connectivity index (χ3v) is 3.81. The second kappa shape index (κ2) is 6.06. The Hall–Kier alpha value is -1.02. The molecule has 0 aromatic heterocycles. The Kier molecular flexibility index (Phi) is 4.43. The van der Waals surface area contributed by atoms with Crippen molar-refractivity contribution < 1.29 is 4.74 Å². The summed E-state index contributed by atoms with van der Waals surface area (Å²) in [6.45, 7) is 3.56. The van der Waals surface area contributed by atoms with E-state index < -0.39 is 0 Å². The average molecular weight is 233 g/mol. The van der Waals surface area contributed by atoms with Crippen LogP contribution in [0.1, 0.15) is 44.1 Å². The Balaban J connectivity index is 2.16. The first-order valence-electron chi connectivity index (χ1n) is 6.78. The molecule has 1 saturated carbocycles. The minimum Gasteiger partial charge on any atom is -0.494 e. The topological polar surface area (TPSA) is 35.2 Å². The van der Waals surface area contributed by atoms with E-state index in [0.29, 0.717) is 11.8 Å². The zero-order valence-corrected chi connectivity index (χ0v) is 10.7. The van der Waals surface area contributed by atoms with Gasteiger partial charge in [-0.2, -0.15) is 0 Å². The van der Waals surface area contributed by atoms with E-state index in [9.17, 15) is 0 Å². The molecule has 0 radical (unpaired) electrons. The number of nitrogens with two attached hydrogens (primary N) is 1. The fourth-order valence-electron chi connectivity index (χ4n) is 2.93. The summed E-state index contributed by atoms with van der Waals surface area (Å²) in [4.78, 5) is 0. The van der Waals surface area contributed by atoms with Gasteiger partial charge in [0.1, 0.15) is 5.75 Å². The van der Waals surface area contributed by atoms with E-state index in [1.807, 2.05) is 13.0 Å². The number of ether oxygens (including phenoxy) is 1. The molecule has 1 fully saturated rings. The molecule has 0 aliphatic heterocycles. The molecule has 2 N–H and O–H groups in total. The summed E-state index contributed by atoms with van der Waals surface area (Å²) in [6, 6.07) is 8.55. The number of rotatable bonds is 4. The number of benzene rings is 1. The lowest BCUT2D eigenvalue weighted by Crippen LogP contribution is -2.25. The van der Waals surface area contributed by atoms with Gasteiger partial charge in [0, 0.05) is 0 Å². The van der Waals surface area contributed by atoms with Crippen molar-refractivity contribution in [1.82, 2.24) is 0 Å². The molecule has 0 saturated heterocycles. The van der Waals surface area contributed by atoms with Crippen LogP contribution in [0.5, 0.6) is 5.75 Å². The first kappa shape index (κ1) is 12.4. The first-order valence-corrected chi connectivity index (χ1v) is 6.78. The van der Waals surface area contributed by atoms with Crippen LogP contribution in [-0.4, -0.2) is 13.2 Å². The fraction of sp³-hybridized carbons (Fsp3) is 0.600. The summed E-state index contributed by atoms with van der Waals surface area (Å²) >= 11 is 0. The summed E-state index contributed by atoms with van der Waals surface area (Å²) in [5.41, 5.74) is 7.30. The van der Waals surface area contributed by atoms with E-state index in [4.69, 9.17) is 10.5 Å².